The van der Waals surface area contributed by atoms with Crippen molar-refractivity contribution in [2.45, 2.75) is 13.0 Å². The van der Waals surface area contributed by atoms with Crippen LogP contribution < -0.4 is 4.74 Å². The van der Waals surface area contributed by atoms with E-state index in [1.165, 1.54) is 0 Å². The Morgan fingerprint density at radius 3 is 2.47 bits per heavy atom. The molecule has 0 unspecified atom stereocenters. The lowest BCUT2D eigenvalue weighted by atomic mass is 10.1. The van der Waals surface area contributed by atoms with Crippen LogP contribution in [0.3, 0.4) is 0 Å². The van der Waals surface area contributed by atoms with E-state index in [0.717, 1.165) is 16.9 Å². The van der Waals surface area contributed by atoms with Crippen LogP contribution >= 0.6 is 0 Å². The Labute approximate surface area is 114 Å². The van der Waals surface area contributed by atoms with Crippen LogP contribution in [0, 0.1) is 0 Å². The van der Waals surface area contributed by atoms with Gasteiger partial charge in [0.1, 0.15) is 12.4 Å². The maximum Gasteiger partial charge on any atom is 0.125 e. The number of aliphatic hydroxyl groups is 1. The zero-order valence-electron chi connectivity index (χ0n) is 11.0. The van der Waals surface area contributed by atoms with E-state index in [1.807, 2.05) is 66.7 Å². The molecule has 0 saturated carbocycles. The number of ether oxygens (including phenoxy) is 1. The van der Waals surface area contributed by atoms with Gasteiger partial charge in [0.15, 0.2) is 0 Å². The Balaban J connectivity index is 1.95. The number of hydrogen-bond acceptors (Lipinski definition) is 2. The molecule has 1 N–H and O–H groups in total. The number of hydrogen-bond donors (Lipinski definition) is 1. The lowest BCUT2D eigenvalue weighted by Crippen LogP contribution is -2.00. The standard InChI is InChI=1S/C17H18O2/c1-14(18)16-11-5-6-12-17(16)19-13-7-10-15-8-3-2-4-9-15/h2-12,14,18H,13H2,1H3/t14-/m1/s1. The first-order valence-corrected chi connectivity index (χ1v) is 6.39. The predicted octanol–water partition coefficient (Wildman–Crippen LogP) is 3.83. The average molecular weight is 254 g/mol. The van der Waals surface area contributed by atoms with Gasteiger partial charge in [-0.2, -0.15) is 0 Å². The normalized spacial score (nSPS) is 12.5. The summed E-state index contributed by atoms with van der Waals surface area (Å²) in [5.74, 6) is 0.732. The molecule has 19 heavy (non-hydrogen) atoms. The van der Waals surface area contributed by atoms with Crippen molar-refractivity contribution in [2.75, 3.05) is 6.61 Å². The third-order valence-corrected chi connectivity index (χ3v) is 2.81. The Hall–Kier alpha value is -2.06. The molecule has 0 aromatic heterocycles. The summed E-state index contributed by atoms with van der Waals surface area (Å²) in [6.07, 6.45) is 3.47. The van der Waals surface area contributed by atoms with Gasteiger partial charge >= 0.3 is 0 Å². The highest BCUT2D eigenvalue weighted by Crippen LogP contribution is 2.24. The monoisotopic (exact) mass is 254 g/mol. The SMILES string of the molecule is C[C@@H](O)c1ccccc1OCC=Cc1ccccc1. The highest BCUT2D eigenvalue weighted by Gasteiger charge is 2.06. The average Bonchev–Trinajstić information content (AvgIpc) is 2.45. The maximum absolute atomic E-state index is 9.64. The largest absolute Gasteiger partial charge is 0.489 e. The Morgan fingerprint density at radius 2 is 1.74 bits per heavy atom. The fraction of sp³-hybridized carbons (Fsp3) is 0.176. The molecule has 0 aliphatic rings. The molecule has 0 amide bonds. The Morgan fingerprint density at radius 1 is 1.05 bits per heavy atom. The molecule has 2 heteroatoms. The van der Waals surface area contributed by atoms with Crippen LogP contribution in [0.25, 0.3) is 6.08 Å². The van der Waals surface area contributed by atoms with Crippen molar-refractivity contribution in [3.8, 4) is 5.75 Å². The van der Waals surface area contributed by atoms with Crippen LogP contribution in [-0.2, 0) is 0 Å². The molecular weight excluding hydrogens is 236 g/mol. The lowest BCUT2D eigenvalue weighted by molar-refractivity contribution is 0.193. The van der Waals surface area contributed by atoms with Crippen LogP contribution in [0.4, 0.5) is 0 Å². The minimum Gasteiger partial charge on any atom is -0.489 e. The number of para-hydroxylation sites is 1. The summed E-state index contributed by atoms with van der Waals surface area (Å²) in [6, 6.07) is 17.6. The topological polar surface area (TPSA) is 29.5 Å². The maximum atomic E-state index is 9.64. The van der Waals surface area contributed by atoms with Gasteiger partial charge in [-0.15, -0.1) is 0 Å². The summed E-state index contributed by atoms with van der Waals surface area (Å²) in [5.41, 5.74) is 1.96. The van der Waals surface area contributed by atoms with Gasteiger partial charge in [0.2, 0.25) is 0 Å². The van der Waals surface area contributed by atoms with Gasteiger partial charge in [-0.1, -0.05) is 54.6 Å². The minimum absolute atomic E-state index is 0.485. The number of aliphatic hydroxyl groups excluding tert-OH is 1. The summed E-state index contributed by atoms with van der Waals surface area (Å²) < 4.78 is 5.67. The van der Waals surface area contributed by atoms with Gasteiger partial charge in [-0.25, -0.2) is 0 Å². The molecule has 2 nitrogen and oxygen atoms in total. The van der Waals surface area contributed by atoms with Gasteiger partial charge in [0.25, 0.3) is 0 Å². The van der Waals surface area contributed by atoms with Crippen molar-refractivity contribution in [1.29, 1.82) is 0 Å². The molecule has 2 aromatic carbocycles. The van der Waals surface area contributed by atoms with Crippen molar-refractivity contribution < 1.29 is 9.84 Å². The Bertz CT molecular complexity index is 530. The van der Waals surface area contributed by atoms with E-state index < -0.39 is 6.10 Å². The molecule has 0 heterocycles. The molecule has 98 valence electrons. The molecular formula is C17H18O2. The van der Waals surface area contributed by atoms with Crippen molar-refractivity contribution in [1.82, 2.24) is 0 Å². The second-order valence-corrected chi connectivity index (χ2v) is 4.34. The van der Waals surface area contributed by atoms with E-state index >= 15 is 0 Å². The second kappa shape index (κ2) is 6.76. The van der Waals surface area contributed by atoms with Gasteiger partial charge in [-0.3, -0.25) is 0 Å². The molecule has 0 saturated heterocycles. The van der Waals surface area contributed by atoms with Crippen molar-refractivity contribution in [3.05, 3.63) is 71.8 Å². The second-order valence-electron chi connectivity index (χ2n) is 4.34. The van der Waals surface area contributed by atoms with Crippen LogP contribution in [0.1, 0.15) is 24.2 Å². The van der Waals surface area contributed by atoms with Crippen molar-refractivity contribution >= 4 is 6.08 Å². The summed E-state index contributed by atoms with van der Waals surface area (Å²) in [7, 11) is 0. The fourth-order valence-corrected chi connectivity index (χ4v) is 1.84. The molecule has 0 fully saturated rings. The third kappa shape index (κ3) is 3.97. The molecule has 0 aliphatic heterocycles. The summed E-state index contributed by atoms with van der Waals surface area (Å²) in [5, 5.41) is 9.64. The van der Waals surface area contributed by atoms with Crippen LogP contribution in [0.15, 0.2) is 60.7 Å². The molecule has 0 aliphatic carbocycles. The number of rotatable bonds is 5. The highest BCUT2D eigenvalue weighted by molar-refractivity contribution is 5.48. The quantitative estimate of drug-likeness (QED) is 0.878. The first-order valence-electron chi connectivity index (χ1n) is 6.39. The van der Waals surface area contributed by atoms with Crippen molar-refractivity contribution in [2.24, 2.45) is 0 Å². The smallest absolute Gasteiger partial charge is 0.125 e. The number of benzene rings is 2. The molecule has 1 atom stereocenters. The molecule has 2 rings (SSSR count). The first kappa shape index (κ1) is 13.4. The van der Waals surface area contributed by atoms with E-state index in [-0.39, 0.29) is 0 Å². The predicted molar refractivity (Wildman–Crippen MR) is 78.0 cm³/mol. The summed E-state index contributed by atoms with van der Waals surface area (Å²) in [4.78, 5) is 0. The zero-order valence-corrected chi connectivity index (χ0v) is 11.0. The van der Waals surface area contributed by atoms with Crippen LogP contribution in [0.5, 0.6) is 5.75 Å². The van der Waals surface area contributed by atoms with E-state index in [0.29, 0.717) is 6.61 Å². The molecule has 0 bridgehead atoms. The van der Waals surface area contributed by atoms with Crippen molar-refractivity contribution in [3.63, 3.8) is 0 Å². The lowest BCUT2D eigenvalue weighted by Gasteiger charge is -2.11. The first-order chi connectivity index (χ1) is 9.27. The summed E-state index contributed by atoms with van der Waals surface area (Å²) >= 11 is 0. The van der Waals surface area contributed by atoms with Gasteiger partial charge < -0.3 is 9.84 Å². The Kier molecular flexibility index (Phi) is 4.76. The zero-order chi connectivity index (χ0) is 13.5. The van der Waals surface area contributed by atoms with Gasteiger partial charge in [0, 0.05) is 5.56 Å². The van der Waals surface area contributed by atoms with Crippen LogP contribution in [-0.4, -0.2) is 11.7 Å². The van der Waals surface area contributed by atoms with Crippen LogP contribution in [0.2, 0.25) is 0 Å². The van der Waals surface area contributed by atoms with E-state index in [1.54, 1.807) is 6.92 Å². The highest BCUT2D eigenvalue weighted by atomic mass is 16.5. The molecule has 0 spiro atoms. The third-order valence-electron chi connectivity index (χ3n) is 2.81. The van der Waals surface area contributed by atoms with Gasteiger partial charge in [0.05, 0.1) is 6.10 Å². The van der Waals surface area contributed by atoms with E-state index in [4.69, 9.17) is 4.74 Å². The summed E-state index contributed by atoms with van der Waals surface area (Å²) in [6.45, 7) is 2.22. The van der Waals surface area contributed by atoms with Gasteiger partial charge in [-0.05, 0) is 24.6 Å². The van der Waals surface area contributed by atoms with E-state index in [2.05, 4.69) is 0 Å². The molecule has 0 radical (unpaired) electrons. The minimum atomic E-state index is -0.519. The molecule has 2 aromatic rings. The van der Waals surface area contributed by atoms with E-state index in [9.17, 15) is 5.11 Å². The fourth-order valence-electron chi connectivity index (χ4n) is 1.84.